The van der Waals surface area contributed by atoms with Gasteiger partial charge in [-0.15, -0.1) is 0 Å². The Hall–Kier alpha value is -2.09. The number of carbonyl (C=O) groups excluding carboxylic acids is 2. The first-order chi connectivity index (χ1) is 13.0. The Bertz CT molecular complexity index is 698. The smallest absolute Gasteiger partial charge is 0.341 e. The third-order valence-corrected chi connectivity index (χ3v) is 5.10. The average molecular weight is 399 g/mol. The van der Waals surface area contributed by atoms with Gasteiger partial charge in [0.05, 0.1) is 23.8 Å². The van der Waals surface area contributed by atoms with Crippen molar-refractivity contribution in [1.29, 1.82) is 0 Å². The van der Waals surface area contributed by atoms with E-state index in [1.165, 1.54) is 18.2 Å². The Morgan fingerprint density at radius 1 is 1.21 bits per heavy atom. The normalized spacial score (nSPS) is 21.5. The van der Waals surface area contributed by atoms with Gasteiger partial charge in [-0.25, -0.2) is 0 Å². The van der Waals surface area contributed by atoms with E-state index in [0.29, 0.717) is 24.9 Å². The minimum Gasteiger partial charge on any atom is -0.341 e. The monoisotopic (exact) mass is 399 g/mol. The molecule has 0 unspecified atom stereocenters. The number of benzene rings is 1. The fourth-order valence-corrected chi connectivity index (χ4v) is 3.69. The molecule has 1 N–H and O–H groups in total. The van der Waals surface area contributed by atoms with E-state index in [0.717, 1.165) is 12.5 Å². The number of para-hydroxylation sites is 1. The molecule has 0 aliphatic carbocycles. The molecule has 0 bridgehead atoms. The Labute approximate surface area is 163 Å². The number of hydrogen-bond donors (Lipinski definition) is 1. The molecule has 28 heavy (non-hydrogen) atoms. The van der Waals surface area contributed by atoms with Crippen LogP contribution in [0.4, 0.5) is 18.9 Å². The van der Waals surface area contributed by atoms with Crippen molar-refractivity contribution < 1.29 is 22.8 Å². The molecule has 156 valence electrons. The van der Waals surface area contributed by atoms with Crippen LogP contribution in [0, 0.1) is 11.8 Å². The summed E-state index contributed by atoms with van der Waals surface area (Å²) in [5.41, 5.74) is -1.18. The minimum atomic E-state index is -4.55. The molecule has 0 saturated carbocycles. The summed E-state index contributed by atoms with van der Waals surface area (Å²) >= 11 is 0. The highest BCUT2D eigenvalue weighted by atomic mass is 19.4. The molecule has 0 radical (unpaired) electrons. The van der Waals surface area contributed by atoms with Crippen LogP contribution in [0.1, 0.15) is 32.8 Å². The molecular formula is C20H28F3N3O2. The number of likely N-dealkylation sites (tertiary alicyclic amines) is 1. The van der Waals surface area contributed by atoms with Crippen LogP contribution in [0.25, 0.3) is 0 Å². The van der Waals surface area contributed by atoms with Gasteiger partial charge in [-0.05, 0) is 44.4 Å². The third-order valence-electron chi connectivity index (χ3n) is 5.10. The molecule has 0 spiro atoms. The lowest BCUT2D eigenvalue weighted by molar-refractivity contribution is -0.139. The van der Waals surface area contributed by atoms with Crippen LogP contribution in [0.15, 0.2) is 24.3 Å². The van der Waals surface area contributed by atoms with Crippen LogP contribution < -0.4 is 5.32 Å². The van der Waals surface area contributed by atoms with Crippen molar-refractivity contribution >= 4 is 17.5 Å². The van der Waals surface area contributed by atoms with E-state index in [2.05, 4.69) is 19.2 Å². The van der Waals surface area contributed by atoms with Crippen LogP contribution >= 0.6 is 0 Å². The summed E-state index contributed by atoms with van der Waals surface area (Å²) in [6, 6.07) is 4.29. The van der Waals surface area contributed by atoms with Crippen molar-refractivity contribution in [3.63, 3.8) is 0 Å². The number of carbonyl (C=O) groups is 2. The van der Waals surface area contributed by atoms with E-state index < -0.39 is 23.7 Å². The second-order valence-electron chi connectivity index (χ2n) is 7.87. The largest absolute Gasteiger partial charge is 0.418 e. The lowest BCUT2D eigenvalue weighted by Gasteiger charge is -2.38. The van der Waals surface area contributed by atoms with Gasteiger partial charge < -0.3 is 10.2 Å². The quantitative estimate of drug-likeness (QED) is 0.825. The number of amides is 2. The maximum atomic E-state index is 13.1. The Morgan fingerprint density at radius 3 is 2.36 bits per heavy atom. The van der Waals surface area contributed by atoms with Gasteiger partial charge in [-0.1, -0.05) is 26.0 Å². The number of alkyl halides is 3. The van der Waals surface area contributed by atoms with E-state index in [1.54, 1.807) is 18.9 Å². The molecule has 1 heterocycles. The van der Waals surface area contributed by atoms with Crippen molar-refractivity contribution in [3.8, 4) is 0 Å². The first-order valence-corrected chi connectivity index (χ1v) is 9.44. The first-order valence-electron chi connectivity index (χ1n) is 9.44. The predicted molar refractivity (Wildman–Crippen MR) is 102 cm³/mol. The van der Waals surface area contributed by atoms with Crippen molar-refractivity contribution in [2.75, 3.05) is 32.0 Å². The molecule has 3 atom stereocenters. The number of halogens is 3. The summed E-state index contributed by atoms with van der Waals surface area (Å²) in [4.78, 5) is 28.4. The molecule has 8 heteroatoms. The first kappa shape index (κ1) is 22.2. The predicted octanol–water partition coefficient (Wildman–Crippen LogP) is 3.47. The van der Waals surface area contributed by atoms with Crippen LogP contribution in [0.2, 0.25) is 0 Å². The van der Waals surface area contributed by atoms with E-state index in [1.807, 2.05) is 4.90 Å². The molecule has 1 saturated heterocycles. The number of hydrogen-bond acceptors (Lipinski definition) is 3. The molecule has 2 rings (SSSR count). The maximum Gasteiger partial charge on any atom is 0.418 e. The van der Waals surface area contributed by atoms with Crippen LogP contribution in [-0.2, 0) is 15.8 Å². The number of nitrogens with one attached hydrogen (secondary N) is 1. The standard InChI is InChI=1S/C20H28F3N3O2/c1-13-9-14(2)11-26(10-13)19(28)15(3)25(4)12-18(27)24-17-8-6-5-7-16(17)20(21,22)23/h5-8,13-15H,9-12H2,1-4H3,(H,24,27)/t13-,14-,15+/m0/s1. The van der Waals surface area contributed by atoms with Crippen molar-refractivity contribution in [2.24, 2.45) is 11.8 Å². The number of likely N-dealkylation sites (N-methyl/N-ethyl adjacent to an activating group) is 1. The van der Waals surface area contributed by atoms with Crippen molar-refractivity contribution in [1.82, 2.24) is 9.80 Å². The highest BCUT2D eigenvalue weighted by Gasteiger charge is 2.34. The minimum absolute atomic E-state index is 0.0654. The molecule has 0 aromatic heterocycles. The zero-order chi connectivity index (χ0) is 21.1. The van der Waals surface area contributed by atoms with Crippen LogP contribution in [0.3, 0.4) is 0 Å². The SMILES string of the molecule is C[C@H]1C[C@H](C)CN(C(=O)[C@@H](C)N(C)CC(=O)Nc2ccccc2C(F)(F)F)C1. The highest BCUT2D eigenvalue weighted by Crippen LogP contribution is 2.34. The van der Waals surface area contributed by atoms with E-state index in [9.17, 15) is 22.8 Å². The zero-order valence-corrected chi connectivity index (χ0v) is 16.7. The van der Waals surface area contributed by atoms with Crippen molar-refractivity contribution in [3.05, 3.63) is 29.8 Å². The molecule has 1 aromatic carbocycles. The number of rotatable bonds is 5. The van der Waals surface area contributed by atoms with Gasteiger partial charge in [0.25, 0.3) is 0 Å². The molecule has 1 fully saturated rings. The number of anilines is 1. The van der Waals surface area contributed by atoms with Gasteiger partial charge in [0.1, 0.15) is 0 Å². The molecule has 1 aromatic rings. The second kappa shape index (κ2) is 8.94. The van der Waals surface area contributed by atoms with Gasteiger partial charge in [0.2, 0.25) is 11.8 Å². The van der Waals surface area contributed by atoms with Gasteiger partial charge in [0, 0.05) is 13.1 Å². The van der Waals surface area contributed by atoms with Gasteiger partial charge >= 0.3 is 6.18 Å². The topological polar surface area (TPSA) is 52.7 Å². The fraction of sp³-hybridized carbons (Fsp3) is 0.600. The van der Waals surface area contributed by atoms with Crippen LogP contribution in [-0.4, -0.2) is 54.3 Å². The van der Waals surface area contributed by atoms with Gasteiger partial charge in [-0.3, -0.25) is 14.5 Å². The van der Waals surface area contributed by atoms with E-state index in [-0.39, 0.29) is 18.1 Å². The second-order valence-corrected chi connectivity index (χ2v) is 7.87. The third kappa shape index (κ3) is 5.70. The molecular weight excluding hydrogens is 371 g/mol. The Balaban J connectivity index is 1.98. The fourth-order valence-electron chi connectivity index (χ4n) is 3.69. The summed E-state index contributed by atoms with van der Waals surface area (Å²) in [5, 5.41) is 2.31. The summed E-state index contributed by atoms with van der Waals surface area (Å²) < 4.78 is 39.2. The summed E-state index contributed by atoms with van der Waals surface area (Å²) in [6.45, 7) is 7.12. The Morgan fingerprint density at radius 2 is 1.79 bits per heavy atom. The van der Waals surface area contributed by atoms with Crippen LogP contribution in [0.5, 0.6) is 0 Å². The molecule has 1 aliphatic heterocycles. The summed E-state index contributed by atoms with van der Waals surface area (Å²) in [7, 11) is 1.62. The maximum absolute atomic E-state index is 13.1. The zero-order valence-electron chi connectivity index (χ0n) is 16.7. The van der Waals surface area contributed by atoms with Gasteiger partial charge in [-0.2, -0.15) is 13.2 Å². The Kier molecular flexibility index (Phi) is 7.09. The molecule has 5 nitrogen and oxygen atoms in total. The average Bonchev–Trinajstić information content (AvgIpc) is 2.59. The van der Waals surface area contributed by atoms with Crippen molar-refractivity contribution in [2.45, 2.75) is 39.4 Å². The number of nitrogens with zero attached hydrogens (tertiary/aromatic N) is 2. The van der Waals surface area contributed by atoms with Gasteiger partial charge in [0.15, 0.2) is 0 Å². The number of piperidine rings is 1. The summed E-state index contributed by atoms with van der Waals surface area (Å²) in [5.74, 6) is 0.184. The van der Waals surface area contributed by atoms with E-state index in [4.69, 9.17) is 0 Å². The lowest BCUT2D eigenvalue weighted by atomic mass is 9.91. The molecule has 1 aliphatic rings. The summed E-state index contributed by atoms with van der Waals surface area (Å²) in [6.07, 6.45) is -3.48. The lowest BCUT2D eigenvalue weighted by Crippen LogP contribution is -2.51. The van der Waals surface area contributed by atoms with E-state index >= 15 is 0 Å². The molecule has 2 amide bonds. The highest BCUT2D eigenvalue weighted by molar-refractivity contribution is 5.93.